The van der Waals surface area contributed by atoms with Crippen LogP contribution in [0.4, 0.5) is 0 Å². The van der Waals surface area contributed by atoms with Crippen LogP contribution in [0, 0.1) is 0 Å². The maximum Gasteiger partial charge on any atom is 0.263 e. The van der Waals surface area contributed by atoms with E-state index in [1.54, 1.807) is 25.6 Å². The van der Waals surface area contributed by atoms with Gasteiger partial charge in [-0.25, -0.2) is 0 Å². The van der Waals surface area contributed by atoms with Crippen LogP contribution in [-0.4, -0.2) is 49.6 Å². The fourth-order valence-electron chi connectivity index (χ4n) is 4.95. The van der Waals surface area contributed by atoms with Crippen LogP contribution in [0.5, 0.6) is 11.5 Å². The molecule has 1 amide bonds. The van der Waals surface area contributed by atoms with Gasteiger partial charge in [0.15, 0.2) is 0 Å². The normalized spacial score (nSPS) is 21.1. The number of nitrogens with zero attached hydrogens (tertiary/aromatic N) is 2. The summed E-state index contributed by atoms with van der Waals surface area (Å²) in [4.78, 5) is 19.7. The summed E-state index contributed by atoms with van der Waals surface area (Å²) in [5, 5.41) is 0. The van der Waals surface area contributed by atoms with E-state index < -0.39 is 0 Å². The molecule has 148 valence electrons. The number of hydrogen-bond acceptors (Lipinski definition) is 5. The first-order chi connectivity index (χ1) is 13.7. The molecule has 0 radical (unpaired) electrons. The summed E-state index contributed by atoms with van der Waals surface area (Å²) in [5.74, 6) is 2.10. The molecule has 1 saturated heterocycles. The van der Waals surface area contributed by atoms with Crippen molar-refractivity contribution in [2.75, 3.05) is 33.9 Å². The highest BCUT2D eigenvalue weighted by atomic mass is 32.1. The monoisotopic (exact) mass is 398 g/mol. The maximum atomic E-state index is 12.9. The number of carbonyl (C=O) groups excluding carboxylic acids is 1. The highest BCUT2D eigenvalue weighted by molar-refractivity contribution is 7.14. The number of hydrogen-bond donors (Lipinski definition) is 0. The van der Waals surface area contributed by atoms with Crippen molar-refractivity contribution < 1.29 is 14.3 Å². The van der Waals surface area contributed by atoms with Gasteiger partial charge in [0, 0.05) is 48.2 Å². The smallest absolute Gasteiger partial charge is 0.263 e. The van der Waals surface area contributed by atoms with Crippen LogP contribution in [0.3, 0.4) is 0 Å². The Morgan fingerprint density at radius 3 is 2.50 bits per heavy atom. The van der Waals surface area contributed by atoms with Crippen LogP contribution < -0.4 is 9.47 Å². The molecule has 0 N–H and O–H groups in total. The SMILES string of the molecule is COc1ccc(OC)c2c1CC1c3cc(C(=O)N4CCCC4)sc3CCN1C2. The molecule has 1 unspecified atom stereocenters. The van der Waals surface area contributed by atoms with Gasteiger partial charge < -0.3 is 14.4 Å². The van der Waals surface area contributed by atoms with E-state index in [0.29, 0.717) is 6.04 Å². The van der Waals surface area contributed by atoms with Gasteiger partial charge in [-0.15, -0.1) is 11.3 Å². The van der Waals surface area contributed by atoms with Crippen molar-refractivity contribution in [1.29, 1.82) is 0 Å². The molecule has 0 bridgehead atoms. The Morgan fingerprint density at radius 1 is 1.07 bits per heavy atom. The predicted octanol–water partition coefficient (Wildman–Crippen LogP) is 3.66. The zero-order valence-corrected chi connectivity index (χ0v) is 17.3. The minimum Gasteiger partial charge on any atom is -0.496 e. The van der Waals surface area contributed by atoms with E-state index in [1.807, 2.05) is 17.0 Å². The van der Waals surface area contributed by atoms with Crippen molar-refractivity contribution in [2.24, 2.45) is 0 Å². The van der Waals surface area contributed by atoms with Gasteiger partial charge in [-0.05, 0) is 49.4 Å². The zero-order chi connectivity index (χ0) is 19.3. The van der Waals surface area contributed by atoms with Crippen LogP contribution in [0.25, 0.3) is 0 Å². The van der Waals surface area contributed by atoms with Gasteiger partial charge in [-0.2, -0.15) is 0 Å². The molecule has 0 saturated carbocycles. The summed E-state index contributed by atoms with van der Waals surface area (Å²) in [5.41, 5.74) is 3.83. The Morgan fingerprint density at radius 2 is 1.79 bits per heavy atom. The fraction of sp³-hybridized carbons (Fsp3) is 0.500. The summed E-state index contributed by atoms with van der Waals surface area (Å²) in [7, 11) is 3.47. The summed E-state index contributed by atoms with van der Waals surface area (Å²) in [6.45, 7) is 3.70. The Labute approximate surface area is 169 Å². The van der Waals surface area contributed by atoms with Crippen LogP contribution >= 0.6 is 11.3 Å². The van der Waals surface area contributed by atoms with E-state index in [4.69, 9.17) is 9.47 Å². The van der Waals surface area contributed by atoms with Crippen molar-refractivity contribution in [3.05, 3.63) is 44.6 Å². The second-order valence-electron chi connectivity index (χ2n) is 7.86. The van der Waals surface area contributed by atoms with Gasteiger partial charge in [0.1, 0.15) is 11.5 Å². The minimum atomic E-state index is 0.221. The van der Waals surface area contributed by atoms with Gasteiger partial charge in [0.2, 0.25) is 0 Å². The third-order valence-electron chi connectivity index (χ3n) is 6.42. The summed E-state index contributed by atoms with van der Waals surface area (Å²) in [6.07, 6.45) is 4.18. The van der Waals surface area contributed by atoms with Crippen LogP contribution in [0.15, 0.2) is 18.2 Å². The van der Waals surface area contributed by atoms with E-state index in [-0.39, 0.29) is 5.91 Å². The van der Waals surface area contributed by atoms with E-state index in [0.717, 1.165) is 68.2 Å². The molecule has 5 rings (SSSR count). The molecule has 6 heteroatoms. The average Bonchev–Trinajstić information content (AvgIpc) is 3.41. The molecule has 2 aromatic rings. The van der Waals surface area contributed by atoms with Crippen LogP contribution in [0.2, 0.25) is 0 Å². The molecule has 0 spiro atoms. The highest BCUT2D eigenvalue weighted by Gasteiger charge is 2.36. The average molecular weight is 399 g/mol. The number of likely N-dealkylation sites (tertiary alicyclic amines) is 1. The molecule has 3 aliphatic rings. The Hall–Kier alpha value is -2.05. The number of fused-ring (bicyclic) bond motifs is 4. The predicted molar refractivity (Wildman–Crippen MR) is 110 cm³/mol. The first-order valence-electron chi connectivity index (χ1n) is 10.1. The highest BCUT2D eigenvalue weighted by Crippen LogP contribution is 2.45. The number of ether oxygens (including phenoxy) is 2. The first kappa shape index (κ1) is 18.0. The number of methoxy groups -OCH3 is 2. The lowest BCUT2D eigenvalue weighted by atomic mass is 9.86. The molecule has 1 atom stereocenters. The van der Waals surface area contributed by atoms with E-state index in [1.165, 1.54) is 21.6 Å². The Bertz CT molecular complexity index is 917. The van der Waals surface area contributed by atoms with Crippen molar-refractivity contribution >= 4 is 17.2 Å². The number of rotatable bonds is 3. The summed E-state index contributed by atoms with van der Waals surface area (Å²) >= 11 is 1.71. The summed E-state index contributed by atoms with van der Waals surface area (Å²) < 4.78 is 11.3. The molecule has 1 aromatic heterocycles. The topological polar surface area (TPSA) is 42.0 Å². The number of amides is 1. The molecule has 3 aliphatic heterocycles. The minimum absolute atomic E-state index is 0.221. The fourth-order valence-corrected chi connectivity index (χ4v) is 6.13. The summed E-state index contributed by atoms with van der Waals surface area (Å²) in [6, 6.07) is 6.50. The molecule has 4 heterocycles. The van der Waals surface area contributed by atoms with Gasteiger partial charge in [0.25, 0.3) is 5.91 Å². The Kier molecular flexibility index (Phi) is 4.56. The molecule has 28 heavy (non-hydrogen) atoms. The molecule has 1 fully saturated rings. The van der Waals surface area contributed by atoms with Crippen molar-refractivity contribution in [3.63, 3.8) is 0 Å². The first-order valence-corrected chi connectivity index (χ1v) is 10.9. The van der Waals surface area contributed by atoms with E-state index >= 15 is 0 Å². The van der Waals surface area contributed by atoms with Gasteiger partial charge in [0.05, 0.1) is 19.1 Å². The number of carbonyl (C=O) groups is 1. The lowest BCUT2D eigenvalue weighted by Crippen LogP contribution is -2.39. The van der Waals surface area contributed by atoms with Crippen LogP contribution in [0.1, 0.15) is 50.1 Å². The number of benzene rings is 1. The third-order valence-corrected chi connectivity index (χ3v) is 7.61. The largest absolute Gasteiger partial charge is 0.496 e. The lowest BCUT2D eigenvalue weighted by molar-refractivity contribution is 0.0797. The standard InChI is InChI=1S/C22H26N2O3S/c1-26-18-5-6-19(27-2)16-13-24-10-7-20-15(17(24)11-14(16)18)12-21(28-20)22(25)23-8-3-4-9-23/h5-6,12,17H,3-4,7-11,13H2,1-2H3. The molecular weight excluding hydrogens is 372 g/mol. The molecule has 0 aliphatic carbocycles. The van der Waals surface area contributed by atoms with E-state index in [9.17, 15) is 4.79 Å². The second-order valence-corrected chi connectivity index (χ2v) is 8.99. The van der Waals surface area contributed by atoms with Crippen molar-refractivity contribution in [3.8, 4) is 11.5 Å². The zero-order valence-electron chi connectivity index (χ0n) is 16.5. The second kappa shape index (κ2) is 7.08. The maximum absolute atomic E-state index is 12.9. The van der Waals surface area contributed by atoms with Gasteiger partial charge in [-0.1, -0.05) is 0 Å². The van der Waals surface area contributed by atoms with Crippen molar-refractivity contribution in [2.45, 2.75) is 38.3 Å². The Balaban J connectivity index is 1.50. The third kappa shape index (κ3) is 2.81. The quantitative estimate of drug-likeness (QED) is 0.791. The molecular formula is C22H26N2O3S. The lowest BCUT2D eigenvalue weighted by Gasteiger charge is -2.41. The van der Waals surface area contributed by atoms with Gasteiger partial charge in [-0.3, -0.25) is 9.69 Å². The van der Waals surface area contributed by atoms with E-state index in [2.05, 4.69) is 11.0 Å². The number of thiophene rings is 1. The molecule has 5 nitrogen and oxygen atoms in total. The van der Waals surface area contributed by atoms with Gasteiger partial charge >= 0.3 is 0 Å². The molecule has 1 aromatic carbocycles. The van der Waals surface area contributed by atoms with Crippen molar-refractivity contribution in [1.82, 2.24) is 9.80 Å². The van der Waals surface area contributed by atoms with Crippen LogP contribution in [-0.2, 0) is 19.4 Å².